The van der Waals surface area contributed by atoms with Gasteiger partial charge in [0.25, 0.3) is 0 Å². The van der Waals surface area contributed by atoms with Gasteiger partial charge in [-0.1, -0.05) is 15.9 Å². The van der Waals surface area contributed by atoms with Crippen LogP contribution in [0.1, 0.15) is 18.1 Å². The molecule has 2 N–H and O–H groups in total. The second kappa shape index (κ2) is 5.14. The molecule has 0 saturated carbocycles. The molecule has 0 aliphatic carbocycles. The van der Waals surface area contributed by atoms with E-state index < -0.39 is 12.1 Å². The van der Waals surface area contributed by atoms with Gasteiger partial charge in [0.05, 0.1) is 19.6 Å². The Morgan fingerprint density at radius 1 is 1.60 bits per heavy atom. The van der Waals surface area contributed by atoms with Crippen molar-refractivity contribution in [2.24, 2.45) is 0 Å². The molecule has 0 aliphatic heterocycles. The largest absolute Gasteiger partial charge is 0.497 e. The van der Waals surface area contributed by atoms with Crippen molar-refractivity contribution in [2.75, 3.05) is 7.11 Å². The van der Waals surface area contributed by atoms with Crippen LogP contribution in [0.3, 0.4) is 0 Å². The SMILES string of the molecule is COc1ccc(Br)c(C(O)CC(=O)O)c1. The lowest BCUT2D eigenvalue weighted by molar-refractivity contribution is -0.139. The highest BCUT2D eigenvalue weighted by molar-refractivity contribution is 9.10. The second-order valence-corrected chi connectivity index (χ2v) is 3.86. The van der Waals surface area contributed by atoms with Gasteiger partial charge in [-0.25, -0.2) is 0 Å². The van der Waals surface area contributed by atoms with E-state index in [-0.39, 0.29) is 6.42 Å². The lowest BCUT2D eigenvalue weighted by Crippen LogP contribution is -2.06. The number of carboxylic acid groups (broad SMARTS) is 1. The van der Waals surface area contributed by atoms with Crippen molar-refractivity contribution in [1.29, 1.82) is 0 Å². The van der Waals surface area contributed by atoms with Gasteiger partial charge >= 0.3 is 5.97 Å². The second-order valence-electron chi connectivity index (χ2n) is 3.00. The summed E-state index contributed by atoms with van der Waals surface area (Å²) in [5, 5.41) is 18.2. The zero-order chi connectivity index (χ0) is 11.4. The van der Waals surface area contributed by atoms with Crippen molar-refractivity contribution in [2.45, 2.75) is 12.5 Å². The maximum atomic E-state index is 10.4. The third-order valence-electron chi connectivity index (χ3n) is 1.93. The summed E-state index contributed by atoms with van der Waals surface area (Å²) in [5.41, 5.74) is 0.511. The zero-order valence-corrected chi connectivity index (χ0v) is 9.69. The minimum absolute atomic E-state index is 0.328. The first-order valence-corrected chi connectivity index (χ1v) is 5.07. The summed E-state index contributed by atoms with van der Waals surface area (Å²) in [4.78, 5) is 10.4. The summed E-state index contributed by atoms with van der Waals surface area (Å²) in [7, 11) is 1.51. The molecule has 0 heterocycles. The lowest BCUT2D eigenvalue weighted by atomic mass is 10.1. The Labute approximate surface area is 95.6 Å². The molecule has 1 aromatic rings. The molecule has 1 aromatic carbocycles. The maximum absolute atomic E-state index is 10.4. The molecule has 0 amide bonds. The van der Waals surface area contributed by atoms with Crippen molar-refractivity contribution in [3.63, 3.8) is 0 Å². The highest BCUT2D eigenvalue weighted by Crippen LogP contribution is 2.29. The van der Waals surface area contributed by atoms with E-state index in [4.69, 9.17) is 9.84 Å². The molecule has 0 bridgehead atoms. The summed E-state index contributed by atoms with van der Waals surface area (Å²) in [5.74, 6) is -0.463. The predicted octanol–water partition coefficient (Wildman–Crippen LogP) is 1.97. The van der Waals surface area contributed by atoms with E-state index in [0.717, 1.165) is 0 Å². The van der Waals surface area contributed by atoms with Crippen LogP contribution in [0.25, 0.3) is 0 Å². The molecular formula is C10H11BrO4. The number of aliphatic hydroxyl groups excluding tert-OH is 1. The quantitative estimate of drug-likeness (QED) is 0.881. The predicted molar refractivity (Wildman–Crippen MR) is 57.9 cm³/mol. The Balaban J connectivity index is 2.95. The Morgan fingerprint density at radius 2 is 2.27 bits per heavy atom. The van der Waals surface area contributed by atoms with Crippen LogP contribution in [0.2, 0.25) is 0 Å². The van der Waals surface area contributed by atoms with E-state index in [9.17, 15) is 9.90 Å². The third-order valence-corrected chi connectivity index (χ3v) is 2.65. The maximum Gasteiger partial charge on any atom is 0.306 e. The van der Waals surface area contributed by atoms with Gasteiger partial charge in [0.15, 0.2) is 0 Å². The number of carboxylic acids is 1. The van der Waals surface area contributed by atoms with Gasteiger partial charge in [-0.3, -0.25) is 4.79 Å². The first-order chi connectivity index (χ1) is 7.04. The Kier molecular flexibility index (Phi) is 4.11. The van der Waals surface area contributed by atoms with Gasteiger partial charge in [0.2, 0.25) is 0 Å². The monoisotopic (exact) mass is 274 g/mol. The number of carbonyl (C=O) groups is 1. The molecule has 0 saturated heterocycles. The third kappa shape index (κ3) is 3.21. The fraction of sp³-hybridized carbons (Fsp3) is 0.300. The first kappa shape index (κ1) is 12.0. The Hall–Kier alpha value is -1.07. The van der Waals surface area contributed by atoms with Gasteiger partial charge in [0, 0.05) is 4.47 Å². The van der Waals surface area contributed by atoms with Crippen molar-refractivity contribution in [3.8, 4) is 5.75 Å². The van der Waals surface area contributed by atoms with Crippen molar-refractivity contribution in [3.05, 3.63) is 28.2 Å². The smallest absolute Gasteiger partial charge is 0.306 e. The van der Waals surface area contributed by atoms with Crippen LogP contribution in [-0.4, -0.2) is 23.3 Å². The summed E-state index contributed by atoms with van der Waals surface area (Å²) in [6.07, 6.45) is -1.36. The minimum Gasteiger partial charge on any atom is -0.497 e. The standard InChI is InChI=1S/C10H11BrO4/c1-15-6-2-3-8(11)7(4-6)9(12)5-10(13)14/h2-4,9,12H,5H2,1H3,(H,13,14). The number of aliphatic hydroxyl groups is 1. The van der Waals surface area contributed by atoms with Crippen molar-refractivity contribution < 1.29 is 19.7 Å². The molecular weight excluding hydrogens is 264 g/mol. The van der Waals surface area contributed by atoms with E-state index in [0.29, 0.717) is 15.8 Å². The Bertz CT molecular complexity index is 364. The molecule has 0 aliphatic rings. The summed E-state index contributed by atoms with van der Waals surface area (Å²) < 4.78 is 5.65. The average molecular weight is 275 g/mol. The summed E-state index contributed by atoms with van der Waals surface area (Å²) in [6, 6.07) is 5.04. The molecule has 0 spiro atoms. The number of benzene rings is 1. The summed E-state index contributed by atoms with van der Waals surface area (Å²) >= 11 is 3.24. The Morgan fingerprint density at radius 3 is 2.80 bits per heavy atom. The van der Waals surface area contributed by atoms with Crippen LogP contribution in [0.15, 0.2) is 22.7 Å². The van der Waals surface area contributed by atoms with Crippen LogP contribution in [0.4, 0.5) is 0 Å². The van der Waals surface area contributed by atoms with Crippen LogP contribution < -0.4 is 4.74 Å². The molecule has 15 heavy (non-hydrogen) atoms. The minimum atomic E-state index is -1.04. The zero-order valence-electron chi connectivity index (χ0n) is 8.11. The number of hydrogen-bond donors (Lipinski definition) is 2. The van der Waals surface area contributed by atoms with Gasteiger partial charge in [-0.15, -0.1) is 0 Å². The number of ether oxygens (including phenoxy) is 1. The normalized spacial score (nSPS) is 12.2. The molecule has 82 valence electrons. The van der Waals surface area contributed by atoms with E-state index >= 15 is 0 Å². The first-order valence-electron chi connectivity index (χ1n) is 4.28. The fourth-order valence-electron chi connectivity index (χ4n) is 1.18. The van der Waals surface area contributed by atoms with E-state index in [2.05, 4.69) is 15.9 Å². The van der Waals surface area contributed by atoms with Crippen LogP contribution in [0, 0.1) is 0 Å². The molecule has 0 radical (unpaired) electrons. The van der Waals surface area contributed by atoms with Crippen molar-refractivity contribution in [1.82, 2.24) is 0 Å². The molecule has 5 heteroatoms. The number of aliphatic carboxylic acids is 1. The van der Waals surface area contributed by atoms with E-state index in [1.807, 2.05) is 0 Å². The van der Waals surface area contributed by atoms with Crippen molar-refractivity contribution >= 4 is 21.9 Å². The topological polar surface area (TPSA) is 66.8 Å². The summed E-state index contributed by atoms with van der Waals surface area (Å²) in [6.45, 7) is 0. The number of halogens is 1. The lowest BCUT2D eigenvalue weighted by Gasteiger charge is -2.11. The van der Waals surface area contributed by atoms with Gasteiger partial charge in [-0.05, 0) is 23.8 Å². The number of rotatable bonds is 4. The number of hydrogen-bond acceptors (Lipinski definition) is 3. The molecule has 0 fully saturated rings. The van der Waals surface area contributed by atoms with Crippen LogP contribution in [0.5, 0.6) is 5.75 Å². The molecule has 1 unspecified atom stereocenters. The molecule has 0 aromatic heterocycles. The number of methoxy groups -OCH3 is 1. The fourth-order valence-corrected chi connectivity index (χ4v) is 1.69. The van der Waals surface area contributed by atoms with Gasteiger partial charge in [-0.2, -0.15) is 0 Å². The van der Waals surface area contributed by atoms with E-state index in [1.165, 1.54) is 7.11 Å². The van der Waals surface area contributed by atoms with Crippen LogP contribution >= 0.6 is 15.9 Å². The van der Waals surface area contributed by atoms with Gasteiger partial charge in [0.1, 0.15) is 5.75 Å². The molecule has 4 nitrogen and oxygen atoms in total. The molecule has 1 rings (SSSR count). The van der Waals surface area contributed by atoms with E-state index in [1.54, 1.807) is 18.2 Å². The van der Waals surface area contributed by atoms with Crippen LogP contribution in [-0.2, 0) is 4.79 Å². The average Bonchev–Trinajstić information content (AvgIpc) is 2.17. The molecule has 1 atom stereocenters. The highest BCUT2D eigenvalue weighted by Gasteiger charge is 2.15. The van der Waals surface area contributed by atoms with Gasteiger partial charge < -0.3 is 14.9 Å². The highest BCUT2D eigenvalue weighted by atomic mass is 79.9.